The molecule has 0 bridgehead atoms. The predicted octanol–water partition coefficient (Wildman–Crippen LogP) is 3.07. The van der Waals surface area contributed by atoms with Crippen molar-refractivity contribution >= 4 is 21.6 Å². The Kier molecular flexibility index (Phi) is 5.12. The molecule has 2 aromatic carbocycles. The Morgan fingerprint density at radius 2 is 1.79 bits per heavy atom. The summed E-state index contributed by atoms with van der Waals surface area (Å²) < 4.78 is 32.6. The lowest BCUT2D eigenvalue weighted by Crippen LogP contribution is -2.35. The number of benzene rings is 2. The third-order valence-corrected chi connectivity index (χ3v) is 7.36. The highest BCUT2D eigenvalue weighted by molar-refractivity contribution is 7.89. The number of hydrogen-bond acceptors (Lipinski definition) is 4. The van der Waals surface area contributed by atoms with Crippen molar-refractivity contribution in [1.29, 1.82) is 0 Å². The van der Waals surface area contributed by atoms with Gasteiger partial charge in [0.25, 0.3) is 5.91 Å². The second-order valence-electron chi connectivity index (χ2n) is 7.19. The predicted molar refractivity (Wildman–Crippen MR) is 107 cm³/mol. The molecule has 0 spiro atoms. The first-order valence-corrected chi connectivity index (χ1v) is 11.0. The fourth-order valence-electron chi connectivity index (χ4n) is 3.92. The summed E-state index contributed by atoms with van der Waals surface area (Å²) in [6.07, 6.45) is 3.55. The minimum atomic E-state index is -3.47. The van der Waals surface area contributed by atoms with Crippen molar-refractivity contribution in [2.45, 2.75) is 30.6 Å². The quantitative estimate of drug-likeness (QED) is 0.791. The monoisotopic (exact) mass is 400 g/mol. The van der Waals surface area contributed by atoms with Crippen LogP contribution in [-0.2, 0) is 16.4 Å². The number of rotatable bonds is 4. The summed E-state index contributed by atoms with van der Waals surface area (Å²) in [5.41, 5.74) is 2.23. The molecule has 148 valence electrons. The van der Waals surface area contributed by atoms with Crippen molar-refractivity contribution in [3.8, 4) is 5.75 Å². The van der Waals surface area contributed by atoms with E-state index in [0.29, 0.717) is 42.3 Å². The molecule has 0 aliphatic carbocycles. The SMILES string of the molecule is COc1cccc(C(=O)N2CCc3cc(S(=O)(=O)N4CCCCC4)ccc32)c1. The van der Waals surface area contributed by atoms with Gasteiger partial charge in [-0.25, -0.2) is 8.42 Å². The molecule has 0 radical (unpaired) electrons. The van der Waals surface area contributed by atoms with Gasteiger partial charge < -0.3 is 9.64 Å². The Morgan fingerprint density at radius 3 is 2.54 bits per heavy atom. The normalized spacial score (nSPS) is 17.4. The molecule has 0 atom stereocenters. The van der Waals surface area contributed by atoms with Crippen LogP contribution in [0.5, 0.6) is 5.75 Å². The van der Waals surface area contributed by atoms with Crippen LogP contribution >= 0.6 is 0 Å². The summed E-state index contributed by atoms with van der Waals surface area (Å²) in [4.78, 5) is 15.0. The molecule has 0 saturated carbocycles. The third-order valence-electron chi connectivity index (χ3n) is 5.46. The van der Waals surface area contributed by atoms with Gasteiger partial charge in [-0.05, 0) is 61.2 Å². The van der Waals surface area contributed by atoms with Crippen molar-refractivity contribution < 1.29 is 17.9 Å². The van der Waals surface area contributed by atoms with Gasteiger partial charge in [-0.3, -0.25) is 4.79 Å². The van der Waals surface area contributed by atoms with Gasteiger partial charge in [-0.2, -0.15) is 4.31 Å². The van der Waals surface area contributed by atoms with Gasteiger partial charge in [-0.15, -0.1) is 0 Å². The number of carbonyl (C=O) groups excluding carboxylic acids is 1. The molecule has 2 aromatic rings. The molecule has 1 fully saturated rings. The lowest BCUT2D eigenvalue weighted by molar-refractivity contribution is 0.0989. The van der Waals surface area contributed by atoms with E-state index in [1.807, 2.05) is 0 Å². The number of amides is 1. The van der Waals surface area contributed by atoms with Crippen molar-refractivity contribution in [3.05, 3.63) is 53.6 Å². The van der Waals surface area contributed by atoms with E-state index in [9.17, 15) is 13.2 Å². The maximum atomic E-state index is 13.0. The molecule has 2 heterocycles. The second-order valence-corrected chi connectivity index (χ2v) is 9.13. The first-order valence-electron chi connectivity index (χ1n) is 9.60. The van der Waals surface area contributed by atoms with Crippen LogP contribution < -0.4 is 9.64 Å². The van der Waals surface area contributed by atoms with Crippen LogP contribution in [0.25, 0.3) is 0 Å². The van der Waals surface area contributed by atoms with Crippen LogP contribution in [0, 0.1) is 0 Å². The van der Waals surface area contributed by atoms with E-state index in [4.69, 9.17) is 4.74 Å². The average molecular weight is 401 g/mol. The lowest BCUT2D eigenvalue weighted by atomic mass is 10.1. The van der Waals surface area contributed by atoms with Crippen LogP contribution in [0.15, 0.2) is 47.4 Å². The Hall–Kier alpha value is -2.38. The van der Waals surface area contributed by atoms with Gasteiger partial charge in [0.15, 0.2) is 0 Å². The molecular formula is C21H24N2O4S. The van der Waals surface area contributed by atoms with Crippen LogP contribution in [-0.4, -0.2) is 45.4 Å². The number of piperidine rings is 1. The summed E-state index contributed by atoms with van der Waals surface area (Å²) in [7, 11) is -1.90. The van der Waals surface area contributed by atoms with Crippen LogP contribution in [0.1, 0.15) is 35.2 Å². The summed E-state index contributed by atoms with van der Waals surface area (Å²) in [6, 6.07) is 12.2. The van der Waals surface area contributed by atoms with Gasteiger partial charge in [0, 0.05) is 30.9 Å². The molecule has 6 nitrogen and oxygen atoms in total. The van der Waals surface area contributed by atoms with E-state index in [-0.39, 0.29) is 5.91 Å². The van der Waals surface area contributed by atoms with Crippen LogP contribution in [0.4, 0.5) is 5.69 Å². The highest BCUT2D eigenvalue weighted by atomic mass is 32.2. The number of methoxy groups -OCH3 is 1. The third kappa shape index (κ3) is 3.40. The van der Waals surface area contributed by atoms with E-state index in [1.165, 1.54) is 0 Å². The minimum Gasteiger partial charge on any atom is -0.497 e. The van der Waals surface area contributed by atoms with Gasteiger partial charge >= 0.3 is 0 Å². The fourth-order valence-corrected chi connectivity index (χ4v) is 5.48. The Morgan fingerprint density at radius 1 is 1.00 bits per heavy atom. The maximum absolute atomic E-state index is 13.0. The number of hydrogen-bond donors (Lipinski definition) is 0. The minimum absolute atomic E-state index is 0.107. The van der Waals surface area contributed by atoms with Crippen molar-refractivity contribution in [3.63, 3.8) is 0 Å². The summed E-state index contributed by atoms with van der Waals surface area (Å²) in [5.74, 6) is 0.525. The first-order chi connectivity index (χ1) is 13.5. The van der Waals surface area contributed by atoms with Gasteiger partial charge in [0.2, 0.25) is 10.0 Å². The first kappa shape index (κ1) is 19.0. The number of nitrogens with zero attached hydrogens (tertiary/aromatic N) is 2. The molecule has 0 unspecified atom stereocenters. The molecule has 1 amide bonds. The number of ether oxygens (including phenoxy) is 1. The maximum Gasteiger partial charge on any atom is 0.258 e. The second kappa shape index (κ2) is 7.56. The highest BCUT2D eigenvalue weighted by Gasteiger charge is 2.30. The Labute approximate surface area is 165 Å². The standard InChI is InChI=1S/C21H24N2O4S/c1-27-18-7-5-6-17(14-18)21(24)23-13-10-16-15-19(8-9-20(16)23)28(25,26)22-11-3-2-4-12-22/h5-9,14-15H,2-4,10-13H2,1H3. The van der Waals surface area contributed by atoms with Gasteiger partial charge in [0.1, 0.15) is 5.75 Å². The molecule has 2 aliphatic heterocycles. The van der Waals surface area contributed by atoms with Crippen molar-refractivity contribution in [2.75, 3.05) is 31.6 Å². The molecular weight excluding hydrogens is 376 g/mol. The summed E-state index contributed by atoms with van der Waals surface area (Å²) in [5, 5.41) is 0. The highest BCUT2D eigenvalue weighted by Crippen LogP contribution is 2.33. The average Bonchev–Trinajstić information content (AvgIpc) is 3.17. The van der Waals surface area contributed by atoms with Crippen LogP contribution in [0.2, 0.25) is 0 Å². The Bertz CT molecular complexity index is 997. The summed E-state index contributed by atoms with van der Waals surface area (Å²) in [6.45, 7) is 1.71. The molecule has 4 rings (SSSR count). The fraction of sp³-hybridized carbons (Fsp3) is 0.381. The lowest BCUT2D eigenvalue weighted by Gasteiger charge is -2.26. The zero-order valence-corrected chi connectivity index (χ0v) is 16.7. The van der Waals surface area contributed by atoms with Crippen LogP contribution in [0.3, 0.4) is 0 Å². The number of carbonyl (C=O) groups is 1. The van der Waals surface area contributed by atoms with E-state index in [2.05, 4.69) is 0 Å². The molecule has 28 heavy (non-hydrogen) atoms. The van der Waals surface area contributed by atoms with Gasteiger partial charge in [-0.1, -0.05) is 12.5 Å². The van der Waals surface area contributed by atoms with Gasteiger partial charge in [0.05, 0.1) is 12.0 Å². The van der Waals surface area contributed by atoms with E-state index < -0.39 is 10.0 Å². The number of sulfonamides is 1. The molecule has 2 aliphatic rings. The zero-order valence-electron chi connectivity index (χ0n) is 15.9. The Balaban J connectivity index is 1.60. The van der Waals surface area contributed by atoms with E-state index in [0.717, 1.165) is 30.5 Å². The van der Waals surface area contributed by atoms with E-state index in [1.54, 1.807) is 58.8 Å². The molecule has 1 saturated heterocycles. The smallest absolute Gasteiger partial charge is 0.258 e. The van der Waals surface area contributed by atoms with E-state index >= 15 is 0 Å². The molecule has 0 aromatic heterocycles. The van der Waals surface area contributed by atoms with Crippen molar-refractivity contribution in [1.82, 2.24) is 4.31 Å². The molecule has 0 N–H and O–H groups in total. The molecule has 7 heteroatoms. The number of fused-ring (bicyclic) bond motifs is 1. The number of anilines is 1. The summed E-state index contributed by atoms with van der Waals surface area (Å²) >= 11 is 0. The zero-order chi connectivity index (χ0) is 19.7. The van der Waals surface area contributed by atoms with Crippen molar-refractivity contribution in [2.24, 2.45) is 0 Å². The largest absolute Gasteiger partial charge is 0.497 e. The topological polar surface area (TPSA) is 66.9 Å².